The molecule has 1 aromatic rings. The van der Waals surface area contributed by atoms with Crippen LogP contribution in [0.1, 0.15) is 50.2 Å². The minimum Gasteiger partial charge on any atom is -0.349 e. The molecule has 1 heterocycles. The minimum atomic E-state index is -0.282. The molecule has 23 heavy (non-hydrogen) atoms. The van der Waals surface area contributed by atoms with Crippen molar-refractivity contribution in [1.82, 2.24) is 10.2 Å². The van der Waals surface area contributed by atoms with Crippen molar-refractivity contribution in [1.29, 1.82) is 0 Å². The summed E-state index contributed by atoms with van der Waals surface area (Å²) in [6.07, 6.45) is 5.74. The fraction of sp³-hybridized carbons (Fsp3) is 0.579. The van der Waals surface area contributed by atoms with E-state index in [4.69, 9.17) is 0 Å². The molecule has 1 saturated heterocycles. The SMILES string of the molecule is CC(=O)N1CCCCC1C(=O)NC1(Cc2ccccc2C)CC1. The van der Waals surface area contributed by atoms with E-state index in [0.717, 1.165) is 38.5 Å². The highest BCUT2D eigenvalue weighted by Gasteiger charge is 2.46. The van der Waals surface area contributed by atoms with E-state index >= 15 is 0 Å². The molecule has 2 amide bonds. The van der Waals surface area contributed by atoms with Crippen LogP contribution in [0.3, 0.4) is 0 Å². The maximum Gasteiger partial charge on any atom is 0.243 e. The molecular formula is C19H26N2O2. The lowest BCUT2D eigenvalue weighted by molar-refractivity contribution is -0.141. The van der Waals surface area contributed by atoms with E-state index in [2.05, 4.69) is 30.4 Å². The second-order valence-electron chi connectivity index (χ2n) is 7.10. The highest BCUT2D eigenvalue weighted by atomic mass is 16.2. The maximum atomic E-state index is 12.7. The molecule has 4 heteroatoms. The molecule has 4 nitrogen and oxygen atoms in total. The number of rotatable bonds is 4. The Balaban J connectivity index is 1.67. The van der Waals surface area contributed by atoms with Gasteiger partial charge < -0.3 is 10.2 Å². The van der Waals surface area contributed by atoms with Crippen LogP contribution in [0.5, 0.6) is 0 Å². The van der Waals surface area contributed by atoms with E-state index in [9.17, 15) is 9.59 Å². The number of carbonyl (C=O) groups excluding carboxylic acids is 2. The van der Waals surface area contributed by atoms with Crippen LogP contribution < -0.4 is 5.32 Å². The lowest BCUT2D eigenvalue weighted by Crippen LogP contribution is -2.54. The molecule has 0 aromatic heterocycles. The molecule has 0 spiro atoms. The third-order valence-corrected chi connectivity index (χ3v) is 5.24. The number of piperidine rings is 1. The zero-order valence-electron chi connectivity index (χ0n) is 14.1. The van der Waals surface area contributed by atoms with Crippen LogP contribution >= 0.6 is 0 Å². The van der Waals surface area contributed by atoms with Crippen molar-refractivity contribution in [2.75, 3.05) is 6.54 Å². The monoisotopic (exact) mass is 314 g/mol. The zero-order valence-corrected chi connectivity index (χ0v) is 14.1. The van der Waals surface area contributed by atoms with E-state index in [1.165, 1.54) is 11.1 Å². The standard InChI is InChI=1S/C19H26N2O2/c1-14-7-3-4-8-16(14)13-19(10-11-19)20-18(23)17-9-5-6-12-21(17)15(2)22/h3-4,7-8,17H,5-6,9-13H2,1-2H3,(H,20,23). The van der Waals surface area contributed by atoms with Gasteiger partial charge in [-0.3, -0.25) is 9.59 Å². The highest BCUT2D eigenvalue weighted by molar-refractivity contribution is 5.87. The van der Waals surface area contributed by atoms with E-state index in [1.54, 1.807) is 11.8 Å². The van der Waals surface area contributed by atoms with Gasteiger partial charge in [0.1, 0.15) is 6.04 Å². The topological polar surface area (TPSA) is 49.4 Å². The summed E-state index contributed by atoms with van der Waals surface area (Å²) in [4.78, 5) is 26.3. The smallest absolute Gasteiger partial charge is 0.243 e. The molecule has 124 valence electrons. The summed E-state index contributed by atoms with van der Waals surface area (Å²) in [5, 5.41) is 3.26. The summed E-state index contributed by atoms with van der Waals surface area (Å²) in [6, 6.07) is 8.08. The molecule has 1 atom stereocenters. The van der Waals surface area contributed by atoms with Gasteiger partial charge in [0, 0.05) is 19.0 Å². The van der Waals surface area contributed by atoms with Crippen LogP contribution in [0.25, 0.3) is 0 Å². The number of aryl methyl sites for hydroxylation is 1. The number of benzene rings is 1. The number of nitrogens with one attached hydrogen (secondary N) is 1. The Hall–Kier alpha value is -1.84. The quantitative estimate of drug-likeness (QED) is 0.928. The molecule has 1 N–H and O–H groups in total. The second-order valence-corrected chi connectivity index (χ2v) is 7.10. The Bertz CT molecular complexity index is 607. The number of hydrogen-bond donors (Lipinski definition) is 1. The van der Waals surface area contributed by atoms with Gasteiger partial charge in [0.25, 0.3) is 0 Å². The first-order chi connectivity index (χ1) is 11.0. The Kier molecular flexibility index (Phi) is 4.42. The molecule has 0 bridgehead atoms. The third kappa shape index (κ3) is 3.57. The Morgan fingerprint density at radius 2 is 2.00 bits per heavy atom. The number of carbonyl (C=O) groups is 2. The van der Waals surface area contributed by atoms with Crippen LogP contribution in [0.2, 0.25) is 0 Å². The third-order valence-electron chi connectivity index (χ3n) is 5.24. The predicted molar refractivity (Wildman–Crippen MR) is 90.0 cm³/mol. The molecule has 1 aliphatic heterocycles. The van der Waals surface area contributed by atoms with Crippen molar-refractivity contribution in [3.8, 4) is 0 Å². The van der Waals surface area contributed by atoms with Crippen LogP contribution in [-0.2, 0) is 16.0 Å². The van der Waals surface area contributed by atoms with Gasteiger partial charge in [-0.15, -0.1) is 0 Å². The molecule has 2 aliphatic rings. The fourth-order valence-electron chi connectivity index (χ4n) is 3.60. The highest BCUT2D eigenvalue weighted by Crippen LogP contribution is 2.39. The minimum absolute atomic E-state index is 0.00796. The summed E-state index contributed by atoms with van der Waals surface area (Å²) in [5.74, 6) is 0.0413. The zero-order chi connectivity index (χ0) is 16.4. The lowest BCUT2D eigenvalue weighted by Gasteiger charge is -2.35. The van der Waals surface area contributed by atoms with E-state index < -0.39 is 0 Å². The van der Waals surface area contributed by atoms with Gasteiger partial charge >= 0.3 is 0 Å². The van der Waals surface area contributed by atoms with Crippen molar-refractivity contribution in [3.05, 3.63) is 35.4 Å². The van der Waals surface area contributed by atoms with Crippen LogP contribution in [-0.4, -0.2) is 34.8 Å². The van der Waals surface area contributed by atoms with Gasteiger partial charge in [-0.1, -0.05) is 24.3 Å². The summed E-state index contributed by atoms with van der Waals surface area (Å²) in [7, 11) is 0. The molecule has 3 rings (SSSR count). The second kappa shape index (κ2) is 6.34. The van der Waals surface area contributed by atoms with Crippen LogP contribution in [0.4, 0.5) is 0 Å². The Labute approximate surface area is 138 Å². The van der Waals surface area contributed by atoms with Crippen molar-refractivity contribution in [2.24, 2.45) is 0 Å². The fourth-order valence-corrected chi connectivity index (χ4v) is 3.60. The summed E-state index contributed by atoms with van der Waals surface area (Å²) < 4.78 is 0. The summed E-state index contributed by atoms with van der Waals surface area (Å²) in [5.41, 5.74) is 2.48. The largest absolute Gasteiger partial charge is 0.349 e. The lowest BCUT2D eigenvalue weighted by atomic mass is 9.97. The van der Waals surface area contributed by atoms with Crippen LogP contribution in [0, 0.1) is 6.92 Å². The average molecular weight is 314 g/mol. The van der Waals surface area contributed by atoms with Crippen molar-refractivity contribution < 1.29 is 9.59 Å². The first-order valence-corrected chi connectivity index (χ1v) is 8.64. The molecular weight excluding hydrogens is 288 g/mol. The predicted octanol–water partition coefficient (Wildman–Crippen LogP) is 2.59. The number of hydrogen-bond acceptors (Lipinski definition) is 2. The molecule has 1 aromatic carbocycles. The summed E-state index contributed by atoms with van der Waals surface area (Å²) >= 11 is 0. The first-order valence-electron chi connectivity index (χ1n) is 8.64. The van der Waals surface area contributed by atoms with Gasteiger partial charge in [0.2, 0.25) is 11.8 Å². The Morgan fingerprint density at radius 1 is 1.26 bits per heavy atom. The van der Waals surface area contributed by atoms with E-state index in [-0.39, 0.29) is 23.4 Å². The van der Waals surface area contributed by atoms with Gasteiger partial charge in [0.15, 0.2) is 0 Å². The van der Waals surface area contributed by atoms with Crippen molar-refractivity contribution in [2.45, 2.75) is 64.0 Å². The van der Waals surface area contributed by atoms with E-state index in [0.29, 0.717) is 6.54 Å². The van der Waals surface area contributed by atoms with Gasteiger partial charge in [-0.05, 0) is 56.6 Å². The maximum absolute atomic E-state index is 12.7. The van der Waals surface area contributed by atoms with Crippen LogP contribution in [0.15, 0.2) is 24.3 Å². The number of likely N-dealkylation sites (tertiary alicyclic amines) is 1. The van der Waals surface area contributed by atoms with Gasteiger partial charge in [0.05, 0.1) is 0 Å². The number of amides is 2. The summed E-state index contributed by atoms with van der Waals surface area (Å²) in [6.45, 7) is 4.38. The molecule has 1 unspecified atom stereocenters. The van der Waals surface area contributed by atoms with Gasteiger partial charge in [-0.25, -0.2) is 0 Å². The first kappa shape index (κ1) is 16.0. The van der Waals surface area contributed by atoms with Crippen molar-refractivity contribution in [3.63, 3.8) is 0 Å². The average Bonchev–Trinajstić information content (AvgIpc) is 3.29. The van der Waals surface area contributed by atoms with Gasteiger partial charge in [-0.2, -0.15) is 0 Å². The normalized spacial score (nSPS) is 22.5. The molecule has 2 fully saturated rings. The number of nitrogens with zero attached hydrogens (tertiary/aromatic N) is 1. The molecule has 1 saturated carbocycles. The van der Waals surface area contributed by atoms with Crippen molar-refractivity contribution >= 4 is 11.8 Å². The Morgan fingerprint density at radius 3 is 2.65 bits per heavy atom. The molecule has 0 radical (unpaired) electrons. The van der Waals surface area contributed by atoms with E-state index in [1.807, 2.05) is 6.07 Å². The molecule has 1 aliphatic carbocycles.